The van der Waals surface area contributed by atoms with Crippen molar-refractivity contribution in [3.05, 3.63) is 0 Å². The van der Waals surface area contributed by atoms with Gasteiger partial charge < -0.3 is 0 Å². The first-order valence-corrected chi connectivity index (χ1v) is 4.26. The standard InChI is InChI=1S/C8H10N2O3/c1-4-2-5(4)3-10-7(12)6(11)9-8(10)13/h4-5H,2-3H2,1H3,(H,9,11,13). The van der Waals surface area contributed by atoms with Gasteiger partial charge in [-0.05, 0) is 18.3 Å². The molecular formula is C8H10N2O3. The summed E-state index contributed by atoms with van der Waals surface area (Å²) in [7, 11) is 0. The zero-order valence-electron chi connectivity index (χ0n) is 7.24. The topological polar surface area (TPSA) is 66.5 Å². The average molecular weight is 182 g/mol. The summed E-state index contributed by atoms with van der Waals surface area (Å²) < 4.78 is 0. The molecule has 1 saturated carbocycles. The van der Waals surface area contributed by atoms with Crippen molar-refractivity contribution in [2.45, 2.75) is 13.3 Å². The van der Waals surface area contributed by atoms with Crippen LogP contribution in [-0.2, 0) is 9.59 Å². The molecule has 2 unspecified atom stereocenters. The second kappa shape index (κ2) is 2.55. The maximum absolute atomic E-state index is 11.1. The molecule has 0 aromatic rings. The second-order valence-corrected chi connectivity index (χ2v) is 3.65. The van der Waals surface area contributed by atoms with Crippen LogP contribution in [0.3, 0.4) is 0 Å². The van der Waals surface area contributed by atoms with Crippen molar-refractivity contribution >= 4 is 17.8 Å². The predicted octanol–water partition coefficient (Wildman–Crippen LogP) is -0.279. The lowest BCUT2D eigenvalue weighted by molar-refractivity contribution is -0.140. The highest BCUT2D eigenvalue weighted by Gasteiger charge is 2.42. The fourth-order valence-corrected chi connectivity index (χ4v) is 1.49. The van der Waals surface area contributed by atoms with Crippen LogP contribution in [0.1, 0.15) is 13.3 Å². The van der Waals surface area contributed by atoms with Crippen LogP contribution in [0.5, 0.6) is 0 Å². The van der Waals surface area contributed by atoms with Crippen molar-refractivity contribution < 1.29 is 14.4 Å². The molecule has 0 aromatic heterocycles. The first-order valence-electron chi connectivity index (χ1n) is 4.26. The summed E-state index contributed by atoms with van der Waals surface area (Å²) in [6.45, 7) is 2.45. The molecule has 1 heterocycles. The Morgan fingerprint density at radius 2 is 2.08 bits per heavy atom. The normalized spacial score (nSPS) is 32.4. The maximum Gasteiger partial charge on any atom is 0.331 e. The third-order valence-electron chi connectivity index (χ3n) is 2.60. The van der Waals surface area contributed by atoms with Gasteiger partial charge in [0.25, 0.3) is 0 Å². The van der Waals surface area contributed by atoms with Gasteiger partial charge in [-0.2, -0.15) is 0 Å². The molecule has 2 atom stereocenters. The van der Waals surface area contributed by atoms with Crippen molar-refractivity contribution in [1.82, 2.24) is 10.2 Å². The van der Waals surface area contributed by atoms with Gasteiger partial charge >= 0.3 is 17.8 Å². The van der Waals surface area contributed by atoms with Crippen LogP contribution in [0.4, 0.5) is 4.79 Å². The molecule has 0 aromatic carbocycles. The third kappa shape index (κ3) is 1.30. The van der Waals surface area contributed by atoms with Crippen LogP contribution in [-0.4, -0.2) is 29.3 Å². The van der Waals surface area contributed by atoms with Gasteiger partial charge in [-0.1, -0.05) is 6.92 Å². The minimum atomic E-state index is -0.807. The van der Waals surface area contributed by atoms with Crippen LogP contribution in [0, 0.1) is 11.8 Å². The van der Waals surface area contributed by atoms with Gasteiger partial charge in [0, 0.05) is 6.54 Å². The molecule has 0 bridgehead atoms. The number of urea groups is 1. The van der Waals surface area contributed by atoms with E-state index in [9.17, 15) is 14.4 Å². The zero-order chi connectivity index (χ0) is 9.59. The molecule has 1 saturated heterocycles. The summed E-state index contributed by atoms with van der Waals surface area (Å²) in [5, 5.41) is 1.96. The minimum absolute atomic E-state index is 0.386. The molecule has 0 spiro atoms. The van der Waals surface area contributed by atoms with Gasteiger partial charge in [-0.3, -0.25) is 19.8 Å². The molecule has 70 valence electrons. The van der Waals surface area contributed by atoms with Gasteiger partial charge in [0.1, 0.15) is 0 Å². The van der Waals surface area contributed by atoms with Gasteiger partial charge in [-0.25, -0.2) is 4.79 Å². The predicted molar refractivity (Wildman–Crippen MR) is 42.5 cm³/mol. The monoisotopic (exact) mass is 182 g/mol. The van der Waals surface area contributed by atoms with Gasteiger partial charge in [0.05, 0.1) is 0 Å². The quantitative estimate of drug-likeness (QED) is 0.472. The first-order chi connectivity index (χ1) is 6.09. The van der Waals surface area contributed by atoms with E-state index in [1.165, 1.54) is 0 Å². The fraction of sp³-hybridized carbons (Fsp3) is 0.625. The Morgan fingerprint density at radius 3 is 2.46 bits per heavy atom. The third-order valence-corrected chi connectivity index (χ3v) is 2.60. The van der Waals surface area contributed by atoms with E-state index in [4.69, 9.17) is 0 Å². The van der Waals surface area contributed by atoms with E-state index in [0.29, 0.717) is 18.4 Å². The molecule has 2 aliphatic rings. The number of carbonyl (C=O) groups is 3. The van der Waals surface area contributed by atoms with E-state index in [0.717, 1.165) is 11.3 Å². The summed E-state index contributed by atoms with van der Waals surface area (Å²) in [6, 6.07) is -0.575. The molecule has 1 N–H and O–H groups in total. The lowest BCUT2D eigenvalue weighted by Crippen LogP contribution is -2.33. The van der Waals surface area contributed by atoms with Crippen molar-refractivity contribution in [2.24, 2.45) is 11.8 Å². The Bertz CT molecular complexity index is 300. The highest BCUT2D eigenvalue weighted by molar-refractivity contribution is 6.44. The lowest BCUT2D eigenvalue weighted by atomic mass is 10.3. The number of nitrogens with one attached hydrogen (secondary N) is 1. The Labute approximate surface area is 75.1 Å². The van der Waals surface area contributed by atoms with Crippen LogP contribution < -0.4 is 5.32 Å². The highest BCUT2D eigenvalue weighted by atomic mass is 16.2. The van der Waals surface area contributed by atoms with Crippen molar-refractivity contribution in [3.63, 3.8) is 0 Å². The Hall–Kier alpha value is -1.39. The minimum Gasteiger partial charge on any atom is -0.269 e. The number of rotatable bonds is 2. The van der Waals surface area contributed by atoms with Crippen molar-refractivity contribution in [1.29, 1.82) is 0 Å². The number of carbonyl (C=O) groups excluding carboxylic acids is 3. The van der Waals surface area contributed by atoms with Crippen LogP contribution >= 0.6 is 0 Å². The Morgan fingerprint density at radius 1 is 1.46 bits per heavy atom. The van der Waals surface area contributed by atoms with Crippen molar-refractivity contribution in [3.8, 4) is 0 Å². The summed E-state index contributed by atoms with van der Waals surface area (Å²) in [5.74, 6) is -0.570. The summed E-state index contributed by atoms with van der Waals surface area (Å²) in [4.78, 5) is 33.9. The lowest BCUT2D eigenvalue weighted by Gasteiger charge is -2.09. The average Bonchev–Trinajstić information content (AvgIpc) is 2.70. The van der Waals surface area contributed by atoms with Gasteiger partial charge in [-0.15, -0.1) is 0 Å². The molecule has 2 fully saturated rings. The van der Waals surface area contributed by atoms with E-state index in [2.05, 4.69) is 6.92 Å². The molecule has 1 aliphatic heterocycles. The van der Waals surface area contributed by atoms with E-state index in [1.54, 1.807) is 0 Å². The molecule has 13 heavy (non-hydrogen) atoms. The highest BCUT2D eigenvalue weighted by Crippen LogP contribution is 2.38. The molecule has 2 rings (SSSR count). The van der Waals surface area contributed by atoms with Crippen LogP contribution in [0.2, 0.25) is 0 Å². The van der Waals surface area contributed by atoms with Gasteiger partial charge in [0.15, 0.2) is 0 Å². The van der Waals surface area contributed by atoms with Crippen molar-refractivity contribution in [2.75, 3.05) is 6.54 Å². The Balaban J connectivity index is 2.02. The van der Waals surface area contributed by atoms with Gasteiger partial charge in [0.2, 0.25) is 0 Å². The van der Waals surface area contributed by atoms with Crippen LogP contribution in [0.15, 0.2) is 0 Å². The number of imide groups is 2. The SMILES string of the molecule is CC1CC1CN1C(=O)NC(=O)C1=O. The molecule has 1 aliphatic carbocycles. The zero-order valence-corrected chi connectivity index (χ0v) is 7.24. The van der Waals surface area contributed by atoms with E-state index in [1.807, 2.05) is 5.32 Å². The number of nitrogens with zero attached hydrogens (tertiary/aromatic N) is 1. The molecule has 5 nitrogen and oxygen atoms in total. The van der Waals surface area contributed by atoms with E-state index >= 15 is 0 Å². The summed E-state index contributed by atoms with van der Waals surface area (Å²) >= 11 is 0. The van der Waals surface area contributed by atoms with E-state index in [-0.39, 0.29) is 0 Å². The fourth-order valence-electron chi connectivity index (χ4n) is 1.49. The number of hydrogen-bond donors (Lipinski definition) is 1. The molecule has 4 amide bonds. The second-order valence-electron chi connectivity index (χ2n) is 3.65. The summed E-state index contributed by atoms with van der Waals surface area (Å²) in [6.07, 6.45) is 1.03. The van der Waals surface area contributed by atoms with Crippen LogP contribution in [0.25, 0.3) is 0 Å². The summed E-state index contributed by atoms with van der Waals surface area (Å²) in [5.41, 5.74) is 0. The van der Waals surface area contributed by atoms with E-state index < -0.39 is 17.8 Å². The number of hydrogen-bond acceptors (Lipinski definition) is 3. The maximum atomic E-state index is 11.1. The molecule has 5 heteroatoms. The molecular weight excluding hydrogens is 172 g/mol. The Kier molecular flexibility index (Phi) is 1.61. The first kappa shape index (κ1) is 8.22. The smallest absolute Gasteiger partial charge is 0.269 e. The molecule has 0 radical (unpaired) electrons. The number of amides is 4. The largest absolute Gasteiger partial charge is 0.331 e.